The van der Waals surface area contributed by atoms with Crippen LogP contribution in [0.4, 0.5) is 0 Å². The number of hydrogen-bond acceptors (Lipinski definition) is 3. The second-order valence-electron chi connectivity index (χ2n) is 7.49. The zero-order chi connectivity index (χ0) is 19.2. The molecule has 0 bridgehead atoms. The lowest BCUT2D eigenvalue weighted by Gasteiger charge is -2.35. The first-order chi connectivity index (χ1) is 13.8. The van der Waals surface area contributed by atoms with Crippen molar-refractivity contribution in [2.75, 3.05) is 6.61 Å². The number of ether oxygens (including phenoxy) is 1. The summed E-state index contributed by atoms with van der Waals surface area (Å²) in [5, 5.41) is 13.0. The van der Waals surface area contributed by atoms with Crippen LogP contribution in [0.3, 0.4) is 0 Å². The molecule has 0 saturated carbocycles. The Morgan fingerprint density at radius 1 is 0.800 bits per heavy atom. The molecule has 0 spiro atoms. The number of phenols is 1. The fourth-order valence-corrected chi connectivity index (χ4v) is 4.01. The van der Waals surface area contributed by atoms with Crippen molar-refractivity contribution in [2.45, 2.75) is 37.5 Å². The quantitative estimate of drug-likeness (QED) is 0.560. The van der Waals surface area contributed by atoms with Crippen LogP contribution in [-0.4, -0.2) is 23.9 Å². The van der Waals surface area contributed by atoms with Crippen LogP contribution in [-0.2, 0) is 11.3 Å². The summed E-state index contributed by atoms with van der Waals surface area (Å²) >= 11 is 0. The lowest BCUT2D eigenvalue weighted by atomic mass is 9.83. The fraction of sp³-hybridized carbons (Fsp3) is 0.280. The molecule has 1 saturated heterocycles. The topological polar surface area (TPSA) is 41.5 Å². The Morgan fingerprint density at radius 2 is 1.37 bits per heavy atom. The second-order valence-corrected chi connectivity index (χ2v) is 7.49. The van der Waals surface area contributed by atoms with Crippen molar-refractivity contribution < 1.29 is 9.84 Å². The molecule has 1 heterocycles. The third-order valence-electron chi connectivity index (χ3n) is 5.53. The Bertz CT molecular complexity index is 812. The molecule has 0 radical (unpaired) electrons. The molecule has 4 rings (SSSR count). The third-order valence-corrected chi connectivity index (χ3v) is 5.53. The van der Waals surface area contributed by atoms with E-state index in [1.165, 1.54) is 16.7 Å². The maximum Gasteiger partial charge on any atom is 0.115 e. The SMILES string of the molecule is Oc1ccc(CN[C@H]2CC[C@@H](C(c3ccccc3)c3ccccc3)OC2)cc1.S.S. The molecule has 2 atom stereocenters. The minimum atomic E-state index is 0. The van der Waals surface area contributed by atoms with Gasteiger partial charge in [0.25, 0.3) is 0 Å². The molecule has 3 nitrogen and oxygen atoms in total. The van der Waals surface area contributed by atoms with Crippen molar-refractivity contribution in [3.05, 3.63) is 102 Å². The van der Waals surface area contributed by atoms with Crippen LogP contribution in [0.1, 0.15) is 35.4 Å². The van der Waals surface area contributed by atoms with Gasteiger partial charge in [0.2, 0.25) is 0 Å². The molecule has 0 aliphatic carbocycles. The molecule has 2 N–H and O–H groups in total. The van der Waals surface area contributed by atoms with Crippen molar-refractivity contribution >= 4 is 27.0 Å². The maximum atomic E-state index is 9.40. The molecule has 160 valence electrons. The maximum absolute atomic E-state index is 9.40. The van der Waals surface area contributed by atoms with Crippen molar-refractivity contribution in [3.63, 3.8) is 0 Å². The van der Waals surface area contributed by atoms with E-state index in [1.54, 1.807) is 12.1 Å². The predicted molar refractivity (Wildman–Crippen MR) is 133 cm³/mol. The molecule has 1 aliphatic heterocycles. The zero-order valence-electron chi connectivity index (χ0n) is 17.0. The molecule has 1 fully saturated rings. The van der Waals surface area contributed by atoms with Gasteiger partial charge in [-0.1, -0.05) is 72.8 Å². The Labute approximate surface area is 193 Å². The van der Waals surface area contributed by atoms with E-state index in [9.17, 15) is 5.11 Å². The van der Waals surface area contributed by atoms with Crippen molar-refractivity contribution in [2.24, 2.45) is 0 Å². The lowest BCUT2D eigenvalue weighted by molar-refractivity contribution is -0.0116. The van der Waals surface area contributed by atoms with Crippen molar-refractivity contribution in [1.82, 2.24) is 5.32 Å². The molecule has 3 aromatic carbocycles. The van der Waals surface area contributed by atoms with Crippen LogP contribution in [0.25, 0.3) is 0 Å². The van der Waals surface area contributed by atoms with Gasteiger partial charge in [-0.3, -0.25) is 0 Å². The lowest BCUT2D eigenvalue weighted by Crippen LogP contribution is -2.41. The minimum Gasteiger partial charge on any atom is -0.508 e. The largest absolute Gasteiger partial charge is 0.508 e. The fourth-order valence-electron chi connectivity index (χ4n) is 4.01. The van der Waals surface area contributed by atoms with Crippen LogP contribution in [0.5, 0.6) is 5.75 Å². The summed E-state index contributed by atoms with van der Waals surface area (Å²) in [7, 11) is 0. The summed E-state index contributed by atoms with van der Waals surface area (Å²) in [5.41, 5.74) is 3.80. The van der Waals surface area contributed by atoms with E-state index < -0.39 is 0 Å². The van der Waals surface area contributed by atoms with E-state index in [4.69, 9.17) is 4.74 Å². The summed E-state index contributed by atoms with van der Waals surface area (Å²) in [6.45, 7) is 1.51. The number of phenolic OH excluding ortho intramolecular Hbond substituents is 1. The Morgan fingerprint density at radius 3 is 1.87 bits per heavy atom. The normalized spacial score (nSPS) is 18.3. The molecule has 1 aliphatic rings. The summed E-state index contributed by atoms with van der Waals surface area (Å²) < 4.78 is 6.37. The minimum absolute atomic E-state index is 0. The van der Waals surface area contributed by atoms with Crippen LogP contribution < -0.4 is 5.32 Å². The van der Waals surface area contributed by atoms with E-state index >= 15 is 0 Å². The van der Waals surface area contributed by atoms with Gasteiger partial charge < -0.3 is 15.2 Å². The molecular weight excluding hydrogens is 410 g/mol. The number of rotatable bonds is 6. The number of aromatic hydroxyl groups is 1. The Hall–Kier alpha value is -1.92. The van der Waals surface area contributed by atoms with Gasteiger partial charge in [0.05, 0.1) is 12.7 Å². The Kier molecular flexibility index (Phi) is 9.79. The smallest absolute Gasteiger partial charge is 0.115 e. The van der Waals surface area contributed by atoms with E-state index in [0.29, 0.717) is 11.8 Å². The molecule has 30 heavy (non-hydrogen) atoms. The van der Waals surface area contributed by atoms with Gasteiger partial charge in [-0.15, -0.1) is 0 Å². The first-order valence-electron chi connectivity index (χ1n) is 10.0. The highest BCUT2D eigenvalue weighted by molar-refractivity contribution is 7.59. The Balaban J connectivity index is 0.00000160. The van der Waals surface area contributed by atoms with E-state index in [-0.39, 0.29) is 39.0 Å². The molecule has 0 aromatic heterocycles. The van der Waals surface area contributed by atoms with Gasteiger partial charge >= 0.3 is 0 Å². The standard InChI is InChI=1S/C25H27NO2.2H2S/c27-23-14-11-19(12-15-23)17-26-22-13-16-24(28-18-22)25(20-7-3-1-4-8-20)21-9-5-2-6-10-21;;/h1-12,14-15,22,24-27H,13,16-18H2;2*1H2/t22-,24-;;/m0../s1. The van der Waals surface area contributed by atoms with E-state index in [2.05, 4.69) is 66.0 Å². The predicted octanol–water partition coefficient (Wildman–Crippen LogP) is 5.09. The highest BCUT2D eigenvalue weighted by Gasteiger charge is 2.30. The molecule has 5 heteroatoms. The van der Waals surface area contributed by atoms with Gasteiger partial charge in [0.1, 0.15) is 5.75 Å². The van der Waals surface area contributed by atoms with Gasteiger partial charge in [-0.05, 0) is 41.7 Å². The third kappa shape index (κ3) is 6.29. The van der Waals surface area contributed by atoms with Crippen molar-refractivity contribution in [3.8, 4) is 5.75 Å². The van der Waals surface area contributed by atoms with Crippen molar-refractivity contribution in [1.29, 1.82) is 0 Å². The highest BCUT2D eigenvalue weighted by Crippen LogP contribution is 2.34. The van der Waals surface area contributed by atoms with Crippen LogP contribution in [0, 0.1) is 0 Å². The second kappa shape index (κ2) is 12.1. The number of hydrogen-bond donors (Lipinski definition) is 2. The first kappa shape index (κ1) is 24.4. The van der Waals surface area contributed by atoms with Crippen LogP contribution in [0.15, 0.2) is 84.9 Å². The number of nitrogens with one attached hydrogen (secondary N) is 1. The van der Waals surface area contributed by atoms with Gasteiger partial charge in [0.15, 0.2) is 0 Å². The average molecular weight is 442 g/mol. The summed E-state index contributed by atoms with van der Waals surface area (Å²) in [5.74, 6) is 0.570. The summed E-state index contributed by atoms with van der Waals surface area (Å²) in [4.78, 5) is 0. The van der Waals surface area contributed by atoms with Crippen LogP contribution in [0.2, 0.25) is 0 Å². The molecule has 3 aromatic rings. The summed E-state index contributed by atoms with van der Waals surface area (Å²) in [6, 6.07) is 29.1. The van der Waals surface area contributed by atoms with Gasteiger partial charge in [-0.2, -0.15) is 27.0 Å². The zero-order valence-corrected chi connectivity index (χ0v) is 19.0. The summed E-state index contributed by atoms with van der Waals surface area (Å²) in [6.07, 6.45) is 2.32. The van der Waals surface area contributed by atoms with Gasteiger partial charge in [0, 0.05) is 18.5 Å². The van der Waals surface area contributed by atoms with E-state index in [0.717, 1.165) is 26.0 Å². The molecule has 0 amide bonds. The number of benzene rings is 3. The van der Waals surface area contributed by atoms with Gasteiger partial charge in [-0.25, -0.2) is 0 Å². The molecule has 0 unspecified atom stereocenters. The average Bonchev–Trinajstić information content (AvgIpc) is 2.76. The highest BCUT2D eigenvalue weighted by atomic mass is 32.1. The monoisotopic (exact) mass is 441 g/mol. The first-order valence-corrected chi connectivity index (χ1v) is 10.0. The van der Waals surface area contributed by atoms with Crippen LogP contribution >= 0.6 is 27.0 Å². The molecular formula is C25H31NO2S2. The van der Waals surface area contributed by atoms with E-state index in [1.807, 2.05) is 12.1 Å².